The molecule has 1 saturated carbocycles. The predicted octanol–water partition coefficient (Wildman–Crippen LogP) is 3.39. The molecule has 0 aromatic heterocycles. The maximum atomic E-state index is 6.55. The minimum atomic E-state index is -0.312. The molecular formula is C14H20ClNO2. The van der Waals surface area contributed by atoms with E-state index < -0.39 is 0 Å². The second kappa shape index (κ2) is 4.98. The van der Waals surface area contributed by atoms with Gasteiger partial charge in [0.2, 0.25) is 0 Å². The highest BCUT2D eigenvalue weighted by atomic mass is 35.5. The fraction of sp³-hybridized carbons (Fsp3) is 0.571. The van der Waals surface area contributed by atoms with Gasteiger partial charge in [-0.15, -0.1) is 0 Å². The van der Waals surface area contributed by atoms with E-state index >= 15 is 0 Å². The SMILES string of the molecule is COc1c(Cl)cc(C)c(C2(N)CCCC2)c1OC. The maximum Gasteiger partial charge on any atom is 0.179 e. The molecule has 0 bridgehead atoms. The lowest BCUT2D eigenvalue weighted by Crippen LogP contribution is -2.34. The maximum absolute atomic E-state index is 6.55. The normalized spacial score (nSPS) is 17.8. The summed E-state index contributed by atoms with van der Waals surface area (Å²) in [5.41, 5.74) is 8.36. The standard InChI is InChI=1S/C14H20ClNO2/c1-9-8-10(15)12(17-2)13(18-3)11(9)14(16)6-4-5-7-14/h8H,4-7,16H2,1-3H3. The minimum Gasteiger partial charge on any atom is -0.492 e. The Labute approximate surface area is 113 Å². The van der Waals surface area contributed by atoms with Gasteiger partial charge in [-0.05, 0) is 31.4 Å². The summed E-state index contributed by atoms with van der Waals surface area (Å²) in [6.45, 7) is 2.02. The number of methoxy groups -OCH3 is 2. The summed E-state index contributed by atoms with van der Waals surface area (Å²) < 4.78 is 10.9. The summed E-state index contributed by atoms with van der Waals surface area (Å²) in [5, 5.41) is 0.567. The topological polar surface area (TPSA) is 44.5 Å². The van der Waals surface area contributed by atoms with Crippen molar-refractivity contribution in [1.82, 2.24) is 0 Å². The number of hydrogen-bond acceptors (Lipinski definition) is 3. The molecule has 1 aliphatic carbocycles. The summed E-state index contributed by atoms with van der Waals surface area (Å²) in [4.78, 5) is 0. The Balaban J connectivity index is 2.65. The van der Waals surface area contributed by atoms with E-state index in [1.165, 1.54) is 0 Å². The molecule has 0 spiro atoms. The van der Waals surface area contributed by atoms with Crippen LogP contribution in [-0.4, -0.2) is 14.2 Å². The van der Waals surface area contributed by atoms with E-state index in [1.807, 2.05) is 13.0 Å². The highest BCUT2D eigenvalue weighted by Crippen LogP contribution is 2.48. The van der Waals surface area contributed by atoms with Crippen molar-refractivity contribution in [2.75, 3.05) is 14.2 Å². The number of benzene rings is 1. The molecule has 0 unspecified atom stereocenters. The van der Waals surface area contributed by atoms with Crippen molar-refractivity contribution in [3.8, 4) is 11.5 Å². The zero-order valence-electron chi connectivity index (χ0n) is 11.2. The molecule has 0 heterocycles. The smallest absolute Gasteiger partial charge is 0.179 e. The highest BCUT2D eigenvalue weighted by molar-refractivity contribution is 6.32. The molecule has 1 aromatic rings. The molecule has 1 fully saturated rings. The monoisotopic (exact) mass is 269 g/mol. The predicted molar refractivity (Wildman–Crippen MR) is 73.6 cm³/mol. The van der Waals surface area contributed by atoms with Crippen LogP contribution < -0.4 is 15.2 Å². The van der Waals surface area contributed by atoms with Gasteiger partial charge in [-0.2, -0.15) is 0 Å². The van der Waals surface area contributed by atoms with Crippen molar-refractivity contribution in [3.63, 3.8) is 0 Å². The Kier molecular flexibility index (Phi) is 3.74. The Morgan fingerprint density at radius 1 is 1.17 bits per heavy atom. The van der Waals surface area contributed by atoms with Crippen molar-refractivity contribution in [2.24, 2.45) is 5.73 Å². The number of hydrogen-bond donors (Lipinski definition) is 1. The third-order valence-electron chi connectivity index (χ3n) is 3.79. The van der Waals surface area contributed by atoms with Gasteiger partial charge in [-0.1, -0.05) is 24.4 Å². The van der Waals surface area contributed by atoms with Gasteiger partial charge < -0.3 is 15.2 Å². The van der Waals surface area contributed by atoms with Gasteiger partial charge in [0.15, 0.2) is 11.5 Å². The summed E-state index contributed by atoms with van der Waals surface area (Å²) in [5.74, 6) is 1.27. The first-order valence-corrected chi connectivity index (χ1v) is 6.61. The van der Waals surface area contributed by atoms with E-state index in [9.17, 15) is 0 Å². The van der Waals surface area contributed by atoms with Gasteiger partial charge in [0.05, 0.1) is 19.2 Å². The molecular weight excluding hydrogens is 250 g/mol. The molecule has 18 heavy (non-hydrogen) atoms. The van der Waals surface area contributed by atoms with E-state index in [4.69, 9.17) is 26.8 Å². The van der Waals surface area contributed by atoms with Crippen LogP contribution in [0.2, 0.25) is 5.02 Å². The fourth-order valence-electron chi connectivity index (χ4n) is 2.99. The third-order valence-corrected chi connectivity index (χ3v) is 4.07. The van der Waals surface area contributed by atoms with E-state index in [-0.39, 0.29) is 5.54 Å². The van der Waals surface area contributed by atoms with Gasteiger partial charge in [0.1, 0.15) is 0 Å². The molecule has 0 atom stereocenters. The van der Waals surface area contributed by atoms with E-state index in [1.54, 1.807) is 14.2 Å². The number of halogens is 1. The molecule has 1 aromatic carbocycles. The van der Waals surface area contributed by atoms with Crippen LogP contribution >= 0.6 is 11.6 Å². The lowest BCUT2D eigenvalue weighted by atomic mass is 9.85. The number of aryl methyl sites for hydroxylation is 1. The Morgan fingerprint density at radius 2 is 1.72 bits per heavy atom. The zero-order chi connectivity index (χ0) is 13.3. The van der Waals surface area contributed by atoms with Gasteiger partial charge in [-0.3, -0.25) is 0 Å². The molecule has 0 radical (unpaired) electrons. The minimum absolute atomic E-state index is 0.312. The quantitative estimate of drug-likeness (QED) is 0.915. The van der Waals surface area contributed by atoms with Crippen molar-refractivity contribution in [2.45, 2.75) is 38.1 Å². The van der Waals surface area contributed by atoms with Gasteiger partial charge in [0.25, 0.3) is 0 Å². The van der Waals surface area contributed by atoms with Crippen LogP contribution in [0.15, 0.2) is 6.07 Å². The molecule has 4 heteroatoms. The van der Waals surface area contributed by atoms with Crippen molar-refractivity contribution in [3.05, 3.63) is 22.2 Å². The summed E-state index contributed by atoms with van der Waals surface area (Å²) in [6.07, 6.45) is 4.28. The molecule has 100 valence electrons. The van der Waals surface area contributed by atoms with Crippen molar-refractivity contribution < 1.29 is 9.47 Å². The largest absolute Gasteiger partial charge is 0.492 e. The van der Waals surface area contributed by atoms with Crippen LogP contribution in [0.5, 0.6) is 11.5 Å². The molecule has 3 nitrogen and oxygen atoms in total. The lowest BCUT2D eigenvalue weighted by Gasteiger charge is -2.29. The average Bonchev–Trinajstić information content (AvgIpc) is 2.75. The Hall–Kier alpha value is -0.930. The summed E-state index contributed by atoms with van der Waals surface area (Å²) >= 11 is 6.19. The molecule has 2 rings (SSSR count). The number of nitrogens with two attached hydrogens (primary N) is 1. The molecule has 0 amide bonds. The number of rotatable bonds is 3. The van der Waals surface area contributed by atoms with Crippen molar-refractivity contribution >= 4 is 11.6 Å². The fourth-order valence-corrected chi connectivity index (χ4v) is 3.32. The van der Waals surface area contributed by atoms with Crippen LogP contribution in [-0.2, 0) is 5.54 Å². The van der Waals surface area contributed by atoms with Crippen LogP contribution in [0, 0.1) is 6.92 Å². The zero-order valence-corrected chi connectivity index (χ0v) is 11.9. The first-order valence-electron chi connectivity index (χ1n) is 6.24. The van der Waals surface area contributed by atoms with Crippen LogP contribution in [0.1, 0.15) is 36.8 Å². The van der Waals surface area contributed by atoms with Gasteiger partial charge in [0, 0.05) is 11.1 Å². The summed E-state index contributed by atoms with van der Waals surface area (Å²) in [7, 11) is 3.23. The summed E-state index contributed by atoms with van der Waals surface area (Å²) in [6, 6.07) is 1.91. The van der Waals surface area contributed by atoms with E-state index in [2.05, 4.69) is 0 Å². The lowest BCUT2D eigenvalue weighted by molar-refractivity contribution is 0.336. The van der Waals surface area contributed by atoms with Gasteiger partial charge >= 0.3 is 0 Å². The molecule has 0 saturated heterocycles. The highest BCUT2D eigenvalue weighted by Gasteiger charge is 2.36. The second-order valence-corrected chi connectivity index (χ2v) is 5.39. The number of ether oxygens (including phenoxy) is 2. The molecule has 0 aliphatic heterocycles. The first-order chi connectivity index (χ1) is 8.53. The third kappa shape index (κ3) is 2.06. The molecule has 1 aliphatic rings. The van der Waals surface area contributed by atoms with Crippen LogP contribution in [0.25, 0.3) is 0 Å². The van der Waals surface area contributed by atoms with Gasteiger partial charge in [-0.25, -0.2) is 0 Å². The first kappa shape index (κ1) is 13.5. The van der Waals surface area contributed by atoms with E-state index in [0.29, 0.717) is 16.5 Å². The molecule has 2 N–H and O–H groups in total. The van der Waals surface area contributed by atoms with E-state index in [0.717, 1.165) is 36.8 Å². The van der Waals surface area contributed by atoms with Crippen LogP contribution in [0.4, 0.5) is 0 Å². The van der Waals surface area contributed by atoms with Crippen molar-refractivity contribution in [1.29, 1.82) is 0 Å². The Morgan fingerprint density at radius 3 is 2.22 bits per heavy atom. The average molecular weight is 270 g/mol. The second-order valence-electron chi connectivity index (χ2n) is 4.98. The van der Waals surface area contributed by atoms with Crippen LogP contribution in [0.3, 0.4) is 0 Å². The Bertz CT molecular complexity index is 454.